The molecule has 2 aromatic carbocycles. The highest BCUT2D eigenvalue weighted by atomic mass is 32.2. The molecule has 7 heteroatoms. The summed E-state index contributed by atoms with van der Waals surface area (Å²) >= 11 is 0. The highest BCUT2D eigenvalue weighted by Crippen LogP contribution is 2.38. The Bertz CT molecular complexity index is 1460. The van der Waals surface area contributed by atoms with E-state index in [1.54, 1.807) is 26.0 Å². The molecule has 1 aliphatic rings. The second kappa shape index (κ2) is 9.38. The van der Waals surface area contributed by atoms with Gasteiger partial charge in [0.1, 0.15) is 22.1 Å². The van der Waals surface area contributed by atoms with Crippen molar-refractivity contribution in [3.63, 3.8) is 0 Å². The van der Waals surface area contributed by atoms with E-state index in [1.807, 2.05) is 60.0 Å². The monoisotopic (exact) mass is 489 g/mol. The third kappa shape index (κ3) is 4.65. The lowest BCUT2D eigenvalue weighted by Crippen LogP contribution is -2.23. The Kier molecular flexibility index (Phi) is 6.28. The van der Waals surface area contributed by atoms with E-state index >= 15 is 0 Å². The minimum Gasteiger partial charge on any atom is -0.378 e. The van der Waals surface area contributed by atoms with Crippen LogP contribution in [-0.4, -0.2) is 23.8 Å². The quantitative estimate of drug-likeness (QED) is 0.316. The van der Waals surface area contributed by atoms with Gasteiger partial charge in [0.2, 0.25) is 0 Å². The molecule has 4 aromatic rings. The molecule has 0 bridgehead atoms. The van der Waals surface area contributed by atoms with Crippen LogP contribution >= 0.6 is 0 Å². The number of aryl methyl sites for hydroxylation is 3. The number of rotatable bonds is 6. The Morgan fingerprint density at radius 3 is 2.37 bits per heavy atom. The smallest absolute Gasteiger partial charge is 0.339 e. The highest BCUT2D eigenvalue weighted by molar-refractivity contribution is 7.87. The minimum atomic E-state index is -4.05. The molecule has 1 N–H and O–H groups in total. The van der Waals surface area contributed by atoms with E-state index in [0.29, 0.717) is 28.4 Å². The van der Waals surface area contributed by atoms with Gasteiger partial charge < -0.3 is 9.50 Å². The largest absolute Gasteiger partial charge is 0.378 e. The average molecular weight is 490 g/mol. The summed E-state index contributed by atoms with van der Waals surface area (Å²) in [5.41, 5.74) is 4.48. The maximum Gasteiger partial charge on any atom is 0.339 e. The number of fused-ring (bicyclic) bond motifs is 1. The lowest BCUT2D eigenvalue weighted by molar-refractivity contribution is 0.461. The predicted molar refractivity (Wildman–Crippen MR) is 140 cm³/mol. The predicted octanol–water partition coefficient (Wildman–Crippen LogP) is 6.44. The number of nitrogens with one attached hydrogen (secondary N) is 1. The first-order valence-electron chi connectivity index (χ1n) is 12.2. The summed E-state index contributed by atoms with van der Waals surface area (Å²) in [6.45, 7) is 5.56. The Hall–Kier alpha value is -3.32. The third-order valence-electron chi connectivity index (χ3n) is 6.67. The van der Waals surface area contributed by atoms with Crippen LogP contribution in [0.3, 0.4) is 0 Å². The van der Waals surface area contributed by atoms with Crippen molar-refractivity contribution >= 4 is 21.6 Å². The van der Waals surface area contributed by atoms with E-state index in [9.17, 15) is 8.42 Å². The summed E-state index contributed by atoms with van der Waals surface area (Å²) in [7, 11) is -4.05. The second-order valence-electron chi connectivity index (χ2n) is 9.48. The van der Waals surface area contributed by atoms with Crippen molar-refractivity contribution in [2.24, 2.45) is 0 Å². The van der Waals surface area contributed by atoms with Crippen LogP contribution in [0.5, 0.6) is 5.75 Å². The molecule has 0 unspecified atom stereocenters. The molecule has 1 saturated carbocycles. The van der Waals surface area contributed by atoms with Gasteiger partial charge in [0.15, 0.2) is 5.75 Å². The molecule has 0 amide bonds. The zero-order valence-corrected chi connectivity index (χ0v) is 21.2. The first-order valence-corrected chi connectivity index (χ1v) is 13.6. The van der Waals surface area contributed by atoms with Gasteiger partial charge >= 0.3 is 10.1 Å². The van der Waals surface area contributed by atoms with E-state index in [4.69, 9.17) is 9.17 Å². The molecule has 2 heterocycles. The summed E-state index contributed by atoms with van der Waals surface area (Å²) in [5.74, 6) is 1.13. The molecule has 0 aliphatic heterocycles. The molecule has 1 aliphatic carbocycles. The highest BCUT2D eigenvalue weighted by Gasteiger charge is 2.26. The van der Waals surface area contributed by atoms with Crippen LogP contribution in [0.15, 0.2) is 65.7 Å². The molecule has 0 radical (unpaired) electrons. The molecule has 0 spiro atoms. The molecular weight excluding hydrogens is 458 g/mol. The van der Waals surface area contributed by atoms with E-state index < -0.39 is 10.1 Å². The van der Waals surface area contributed by atoms with Gasteiger partial charge in [0.25, 0.3) is 0 Å². The van der Waals surface area contributed by atoms with Crippen molar-refractivity contribution in [2.45, 2.75) is 63.8 Å². The van der Waals surface area contributed by atoms with E-state index in [-0.39, 0.29) is 10.6 Å². The number of anilines is 1. The Labute approximate surface area is 207 Å². The minimum absolute atomic E-state index is 0.216. The number of para-hydroxylation sites is 1. The fourth-order valence-corrected chi connectivity index (χ4v) is 6.59. The molecule has 5 rings (SSSR count). The van der Waals surface area contributed by atoms with Crippen molar-refractivity contribution in [3.05, 3.63) is 77.5 Å². The summed E-state index contributed by atoms with van der Waals surface area (Å²) in [6.07, 6.45) is 7.88. The second-order valence-corrected chi connectivity index (χ2v) is 11.0. The number of imidazole rings is 1. The molecule has 1 fully saturated rings. The molecule has 0 saturated heterocycles. The molecular formula is C28H31N3O3S. The van der Waals surface area contributed by atoms with Gasteiger partial charge in [-0.15, -0.1) is 0 Å². The van der Waals surface area contributed by atoms with E-state index in [2.05, 4.69) is 5.32 Å². The van der Waals surface area contributed by atoms with Gasteiger partial charge in [0.05, 0.1) is 0 Å². The number of hydrogen-bond acceptors (Lipinski definition) is 5. The summed E-state index contributed by atoms with van der Waals surface area (Å²) < 4.78 is 34.7. The van der Waals surface area contributed by atoms with Crippen molar-refractivity contribution in [2.75, 3.05) is 5.32 Å². The number of hydrogen-bond donors (Lipinski definition) is 1. The van der Waals surface area contributed by atoms with Crippen LogP contribution in [0.4, 0.5) is 5.82 Å². The Balaban J connectivity index is 1.59. The fraction of sp³-hybridized carbons (Fsp3) is 0.321. The van der Waals surface area contributed by atoms with Gasteiger partial charge in [-0.3, -0.25) is 4.40 Å². The fourth-order valence-electron chi connectivity index (χ4n) is 5.22. The standard InChI is InChI=1S/C28H31N3O3S/c1-19-17-20(2)27(21(3)18-19)35(32,33)34-24-14-8-7-13-23(24)26-28(29-22-11-5-4-6-12-22)31-16-10-9-15-25(31)30-26/h7-10,13-18,22,29H,4-6,11-12H2,1-3H3. The van der Waals surface area contributed by atoms with Crippen molar-refractivity contribution < 1.29 is 12.6 Å². The van der Waals surface area contributed by atoms with Gasteiger partial charge in [-0.2, -0.15) is 8.42 Å². The topological polar surface area (TPSA) is 72.7 Å². The molecule has 35 heavy (non-hydrogen) atoms. The number of nitrogens with zero attached hydrogens (tertiary/aromatic N) is 2. The zero-order chi connectivity index (χ0) is 24.6. The van der Waals surface area contributed by atoms with Crippen molar-refractivity contribution in [3.8, 4) is 17.0 Å². The van der Waals surface area contributed by atoms with Crippen LogP contribution in [0.1, 0.15) is 48.8 Å². The van der Waals surface area contributed by atoms with Gasteiger partial charge in [-0.1, -0.05) is 55.2 Å². The summed E-state index contributed by atoms with van der Waals surface area (Å²) in [5, 5.41) is 3.71. The third-order valence-corrected chi connectivity index (χ3v) is 8.22. The van der Waals surface area contributed by atoms with Crippen LogP contribution in [0, 0.1) is 20.8 Å². The maximum atomic E-state index is 13.4. The number of aromatic nitrogens is 2. The average Bonchev–Trinajstić information content (AvgIpc) is 3.17. The van der Waals surface area contributed by atoms with Crippen LogP contribution in [-0.2, 0) is 10.1 Å². The molecule has 182 valence electrons. The van der Waals surface area contributed by atoms with Crippen LogP contribution in [0.2, 0.25) is 0 Å². The Morgan fingerprint density at radius 1 is 0.943 bits per heavy atom. The van der Waals surface area contributed by atoms with Gasteiger partial charge in [-0.05, 0) is 69.0 Å². The van der Waals surface area contributed by atoms with Gasteiger partial charge in [0, 0.05) is 17.8 Å². The van der Waals surface area contributed by atoms with Crippen LogP contribution in [0.25, 0.3) is 16.9 Å². The lowest BCUT2D eigenvalue weighted by atomic mass is 9.95. The maximum absolute atomic E-state index is 13.4. The van der Waals surface area contributed by atoms with Crippen LogP contribution < -0.4 is 9.50 Å². The van der Waals surface area contributed by atoms with Crippen molar-refractivity contribution in [1.82, 2.24) is 9.38 Å². The molecule has 6 nitrogen and oxygen atoms in total. The number of benzene rings is 2. The SMILES string of the molecule is Cc1cc(C)c(S(=O)(=O)Oc2ccccc2-c2nc3ccccn3c2NC2CCCCC2)c(C)c1. The van der Waals surface area contributed by atoms with E-state index in [1.165, 1.54) is 19.3 Å². The summed E-state index contributed by atoms with van der Waals surface area (Å²) in [4.78, 5) is 5.10. The first kappa shape index (κ1) is 23.4. The number of pyridine rings is 1. The summed E-state index contributed by atoms with van der Waals surface area (Å²) in [6, 6.07) is 17.2. The normalized spacial score (nSPS) is 14.8. The molecule has 0 atom stereocenters. The van der Waals surface area contributed by atoms with E-state index in [0.717, 1.165) is 29.9 Å². The molecule has 2 aromatic heterocycles. The van der Waals surface area contributed by atoms with Crippen molar-refractivity contribution in [1.29, 1.82) is 0 Å². The zero-order valence-electron chi connectivity index (χ0n) is 20.4. The lowest BCUT2D eigenvalue weighted by Gasteiger charge is -2.24. The van der Waals surface area contributed by atoms with Gasteiger partial charge in [-0.25, -0.2) is 4.98 Å². The first-order chi connectivity index (χ1) is 16.8. The Morgan fingerprint density at radius 2 is 1.63 bits per heavy atom.